The van der Waals surface area contributed by atoms with Crippen LogP contribution in [-0.2, 0) is 13.7 Å². The fraction of sp³-hybridized carbons (Fsp3) is 0.167. The molecule has 2 aliphatic heterocycles. The molecule has 5 rings (SSSR count). The van der Waals surface area contributed by atoms with Crippen molar-refractivity contribution < 1.29 is 4.57 Å². The summed E-state index contributed by atoms with van der Waals surface area (Å²) in [7, 11) is 4.28. The second kappa shape index (κ2) is 3.91. The van der Waals surface area contributed by atoms with Crippen LogP contribution >= 0.6 is 0 Å². The van der Waals surface area contributed by atoms with E-state index >= 15 is 0 Å². The number of aryl methyl sites for hydroxylation is 1. The van der Waals surface area contributed by atoms with E-state index in [1.54, 1.807) is 0 Å². The molecule has 3 heterocycles. The highest BCUT2D eigenvalue weighted by Crippen LogP contribution is 2.43. The molecule has 0 atom stereocenters. The van der Waals surface area contributed by atoms with Crippen LogP contribution in [0.5, 0.6) is 0 Å². The summed E-state index contributed by atoms with van der Waals surface area (Å²) in [6.45, 7) is 0.851. The number of hydrogen-bond donors (Lipinski definition) is 0. The molecular formula is C18H17N4+. The van der Waals surface area contributed by atoms with E-state index in [0.29, 0.717) is 0 Å². The SMILES string of the molecule is CN1C2=Cc3n(c4ccccc4[n+]3C)CN2c2ccccc21. The van der Waals surface area contributed by atoms with Crippen molar-refractivity contribution in [1.29, 1.82) is 0 Å². The van der Waals surface area contributed by atoms with Gasteiger partial charge < -0.3 is 4.90 Å². The molecule has 0 fully saturated rings. The quantitative estimate of drug-likeness (QED) is 0.591. The number of para-hydroxylation sites is 4. The molecule has 0 bridgehead atoms. The van der Waals surface area contributed by atoms with Crippen LogP contribution in [0.2, 0.25) is 0 Å². The molecule has 0 unspecified atom stereocenters. The third-order valence-electron chi connectivity index (χ3n) is 4.85. The molecule has 0 radical (unpaired) electrons. The van der Waals surface area contributed by atoms with Gasteiger partial charge in [-0.1, -0.05) is 24.3 Å². The topological polar surface area (TPSA) is 15.3 Å². The van der Waals surface area contributed by atoms with Crippen LogP contribution in [0, 0.1) is 0 Å². The van der Waals surface area contributed by atoms with Gasteiger partial charge in [-0.05, 0) is 24.3 Å². The van der Waals surface area contributed by atoms with E-state index in [4.69, 9.17) is 0 Å². The maximum absolute atomic E-state index is 2.38. The third kappa shape index (κ3) is 1.30. The largest absolute Gasteiger partial charge is 0.329 e. The van der Waals surface area contributed by atoms with E-state index in [2.05, 4.69) is 87.6 Å². The summed E-state index contributed by atoms with van der Waals surface area (Å²) in [5, 5.41) is 0. The summed E-state index contributed by atoms with van der Waals surface area (Å²) in [5.74, 6) is 2.49. The van der Waals surface area contributed by atoms with Gasteiger partial charge in [-0.15, -0.1) is 0 Å². The summed E-state index contributed by atoms with van der Waals surface area (Å²) in [4.78, 5) is 4.66. The molecule has 1 aromatic heterocycles. The van der Waals surface area contributed by atoms with Gasteiger partial charge in [0.1, 0.15) is 5.82 Å². The number of aromatic nitrogens is 2. The Balaban J connectivity index is 1.79. The zero-order valence-electron chi connectivity index (χ0n) is 12.7. The Kier molecular flexibility index (Phi) is 2.11. The Bertz CT molecular complexity index is 951. The van der Waals surface area contributed by atoms with Crippen molar-refractivity contribution in [3.8, 4) is 0 Å². The lowest BCUT2D eigenvalue weighted by Crippen LogP contribution is -2.38. The molecule has 0 saturated carbocycles. The molecule has 108 valence electrons. The van der Waals surface area contributed by atoms with Crippen LogP contribution < -0.4 is 14.4 Å². The molecular weight excluding hydrogens is 272 g/mol. The summed E-state index contributed by atoms with van der Waals surface area (Å²) in [5.41, 5.74) is 5.10. The van der Waals surface area contributed by atoms with Crippen LogP contribution in [0.4, 0.5) is 11.4 Å². The van der Waals surface area contributed by atoms with E-state index in [9.17, 15) is 0 Å². The summed E-state index contributed by atoms with van der Waals surface area (Å²) < 4.78 is 4.66. The number of benzene rings is 2. The van der Waals surface area contributed by atoms with Crippen molar-refractivity contribution in [2.45, 2.75) is 6.67 Å². The molecule has 2 aromatic carbocycles. The molecule has 0 spiro atoms. The van der Waals surface area contributed by atoms with Gasteiger partial charge in [-0.2, -0.15) is 0 Å². The Morgan fingerprint density at radius 2 is 1.68 bits per heavy atom. The number of nitrogens with zero attached hydrogens (tertiary/aromatic N) is 4. The average molecular weight is 289 g/mol. The van der Waals surface area contributed by atoms with Crippen molar-refractivity contribution >= 4 is 28.5 Å². The van der Waals surface area contributed by atoms with Crippen LogP contribution in [0.1, 0.15) is 5.82 Å². The van der Waals surface area contributed by atoms with E-state index in [1.807, 2.05) is 0 Å². The molecule has 22 heavy (non-hydrogen) atoms. The molecule has 3 aromatic rings. The minimum absolute atomic E-state index is 0.851. The van der Waals surface area contributed by atoms with Crippen LogP contribution in [-0.4, -0.2) is 11.6 Å². The maximum atomic E-state index is 2.38. The summed E-state index contributed by atoms with van der Waals surface area (Å²) in [6, 6.07) is 17.2. The van der Waals surface area contributed by atoms with Crippen molar-refractivity contribution in [3.63, 3.8) is 0 Å². The summed E-state index contributed by atoms with van der Waals surface area (Å²) in [6.07, 6.45) is 2.28. The van der Waals surface area contributed by atoms with Gasteiger partial charge >= 0.3 is 0 Å². The molecule has 0 saturated heterocycles. The standard InChI is InChI=1S/C18H17N4/c1-19-13-7-3-5-9-15(13)21-12-22-16-10-6-4-8-14(16)20(2)18(22)11-17(19)21/h3-11H,12H2,1-2H3/q+1. The van der Waals surface area contributed by atoms with Gasteiger partial charge in [0.2, 0.25) is 0 Å². The smallest absolute Gasteiger partial charge is 0.287 e. The number of rotatable bonds is 0. The van der Waals surface area contributed by atoms with Crippen molar-refractivity contribution in [1.82, 2.24) is 4.57 Å². The number of imidazole rings is 1. The Morgan fingerprint density at radius 1 is 0.955 bits per heavy atom. The highest BCUT2D eigenvalue weighted by atomic mass is 15.4. The molecule has 4 nitrogen and oxygen atoms in total. The number of anilines is 2. The lowest BCUT2D eigenvalue weighted by atomic mass is 10.2. The monoisotopic (exact) mass is 289 g/mol. The second-order valence-corrected chi connectivity index (χ2v) is 5.95. The van der Waals surface area contributed by atoms with Gasteiger partial charge in [0.25, 0.3) is 5.82 Å². The van der Waals surface area contributed by atoms with Gasteiger partial charge in [-0.25, -0.2) is 9.13 Å². The second-order valence-electron chi connectivity index (χ2n) is 5.95. The first-order chi connectivity index (χ1) is 10.8. The van der Waals surface area contributed by atoms with Crippen molar-refractivity contribution in [2.24, 2.45) is 7.05 Å². The molecule has 4 heteroatoms. The molecule has 0 aliphatic carbocycles. The molecule has 2 aliphatic rings. The van der Waals surface area contributed by atoms with Gasteiger partial charge in [0.15, 0.2) is 17.7 Å². The van der Waals surface area contributed by atoms with Crippen LogP contribution in [0.25, 0.3) is 17.1 Å². The van der Waals surface area contributed by atoms with Crippen LogP contribution in [0.15, 0.2) is 54.4 Å². The fourth-order valence-corrected chi connectivity index (χ4v) is 3.71. The first kappa shape index (κ1) is 11.9. The predicted molar refractivity (Wildman–Crippen MR) is 88.4 cm³/mol. The number of fused-ring (bicyclic) bond motifs is 6. The average Bonchev–Trinajstić information content (AvgIpc) is 3.01. The van der Waals surface area contributed by atoms with E-state index in [0.717, 1.165) is 6.67 Å². The zero-order valence-corrected chi connectivity index (χ0v) is 12.7. The Morgan fingerprint density at radius 3 is 2.55 bits per heavy atom. The fourth-order valence-electron chi connectivity index (χ4n) is 3.71. The minimum Gasteiger partial charge on any atom is -0.329 e. The van der Waals surface area contributed by atoms with Crippen molar-refractivity contribution in [3.05, 3.63) is 60.2 Å². The highest BCUT2D eigenvalue weighted by Gasteiger charge is 2.36. The van der Waals surface area contributed by atoms with Crippen molar-refractivity contribution in [2.75, 3.05) is 16.8 Å². The maximum Gasteiger partial charge on any atom is 0.287 e. The minimum atomic E-state index is 0.851. The highest BCUT2D eigenvalue weighted by molar-refractivity contribution is 5.86. The normalized spacial score (nSPS) is 15.6. The molecule has 0 amide bonds. The van der Waals surface area contributed by atoms with E-state index < -0.39 is 0 Å². The van der Waals surface area contributed by atoms with Gasteiger partial charge in [0, 0.05) is 7.05 Å². The predicted octanol–water partition coefficient (Wildman–Crippen LogP) is 2.69. The van der Waals surface area contributed by atoms with Gasteiger partial charge in [-0.3, -0.25) is 4.90 Å². The zero-order chi connectivity index (χ0) is 14.8. The Hall–Kier alpha value is -2.75. The Labute approximate surface area is 129 Å². The summed E-state index contributed by atoms with van der Waals surface area (Å²) >= 11 is 0. The van der Waals surface area contributed by atoms with E-state index in [1.165, 1.54) is 34.1 Å². The van der Waals surface area contributed by atoms with Gasteiger partial charge in [0.05, 0.1) is 24.5 Å². The first-order valence-corrected chi connectivity index (χ1v) is 7.55. The van der Waals surface area contributed by atoms with E-state index in [-0.39, 0.29) is 0 Å². The first-order valence-electron chi connectivity index (χ1n) is 7.55. The lowest BCUT2D eigenvalue weighted by Gasteiger charge is -2.24. The molecule has 0 N–H and O–H groups in total. The third-order valence-corrected chi connectivity index (χ3v) is 4.85. The van der Waals surface area contributed by atoms with Crippen LogP contribution in [0.3, 0.4) is 0 Å². The number of hydrogen-bond acceptors (Lipinski definition) is 2. The lowest BCUT2D eigenvalue weighted by molar-refractivity contribution is -0.647.